The number of rotatable bonds is 2. The number of fused-ring (bicyclic) bond motifs is 1. The van der Waals surface area contributed by atoms with E-state index in [1.54, 1.807) is 6.07 Å². The first-order valence-electron chi connectivity index (χ1n) is 6.82. The van der Waals surface area contributed by atoms with Crippen LogP contribution in [0, 0.1) is 0 Å². The predicted octanol–water partition coefficient (Wildman–Crippen LogP) is 1.55. The van der Waals surface area contributed by atoms with Crippen molar-refractivity contribution in [2.24, 2.45) is 0 Å². The highest BCUT2D eigenvalue weighted by atomic mass is 32.2. The monoisotopic (exact) mass is 281 g/mol. The first kappa shape index (κ1) is 12.9. The van der Waals surface area contributed by atoms with E-state index in [4.69, 9.17) is 0 Å². The molecular weight excluding hydrogens is 262 g/mol. The molecule has 1 fully saturated rings. The lowest BCUT2D eigenvalue weighted by molar-refractivity contribution is 0.419. The molecule has 4 nitrogen and oxygen atoms in total. The van der Waals surface area contributed by atoms with Crippen molar-refractivity contribution in [2.75, 3.05) is 11.5 Å². The van der Waals surface area contributed by atoms with E-state index in [2.05, 4.69) is 5.32 Å². The Hall–Kier alpha value is -1.07. The lowest BCUT2D eigenvalue weighted by atomic mass is 10.1. The zero-order valence-electron chi connectivity index (χ0n) is 10.8. The SMILES string of the molecule is O=S1(=O)CCCC(NC2CCc3cc(O)ccc32)C1. The summed E-state index contributed by atoms with van der Waals surface area (Å²) in [7, 11) is -2.86. The number of benzene rings is 1. The minimum Gasteiger partial charge on any atom is -0.508 e. The van der Waals surface area contributed by atoms with E-state index in [0.29, 0.717) is 11.5 Å². The predicted molar refractivity (Wildman–Crippen MR) is 74.0 cm³/mol. The zero-order chi connectivity index (χ0) is 13.5. The number of sulfone groups is 1. The molecule has 19 heavy (non-hydrogen) atoms. The van der Waals surface area contributed by atoms with Crippen molar-refractivity contribution in [1.82, 2.24) is 5.32 Å². The normalized spacial score (nSPS) is 29.1. The summed E-state index contributed by atoms with van der Waals surface area (Å²) in [4.78, 5) is 0. The summed E-state index contributed by atoms with van der Waals surface area (Å²) >= 11 is 0. The molecule has 0 radical (unpaired) electrons. The molecule has 5 heteroatoms. The molecule has 0 aromatic heterocycles. The molecule has 2 aliphatic rings. The molecule has 2 N–H and O–H groups in total. The van der Waals surface area contributed by atoms with Crippen LogP contribution in [0.3, 0.4) is 0 Å². The average Bonchev–Trinajstić information content (AvgIpc) is 2.70. The van der Waals surface area contributed by atoms with Gasteiger partial charge in [-0.1, -0.05) is 6.07 Å². The molecule has 104 valence electrons. The Morgan fingerprint density at radius 2 is 2.11 bits per heavy atom. The summed E-state index contributed by atoms with van der Waals surface area (Å²) < 4.78 is 23.3. The molecule has 1 saturated heterocycles. The summed E-state index contributed by atoms with van der Waals surface area (Å²) in [5, 5.41) is 13.0. The first-order valence-corrected chi connectivity index (χ1v) is 8.64. The molecule has 2 unspecified atom stereocenters. The van der Waals surface area contributed by atoms with Gasteiger partial charge in [0.15, 0.2) is 9.84 Å². The van der Waals surface area contributed by atoms with E-state index in [1.165, 1.54) is 11.1 Å². The average molecular weight is 281 g/mol. The Bertz CT molecular complexity index is 582. The van der Waals surface area contributed by atoms with Gasteiger partial charge in [-0.15, -0.1) is 0 Å². The van der Waals surface area contributed by atoms with Crippen molar-refractivity contribution >= 4 is 9.84 Å². The number of aryl methyl sites for hydroxylation is 1. The Morgan fingerprint density at radius 3 is 2.89 bits per heavy atom. The number of hydrogen-bond donors (Lipinski definition) is 2. The standard InChI is InChI=1S/C14H19NO3S/c16-12-4-5-13-10(8-12)3-6-14(13)15-11-2-1-7-19(17,18)9-11/h4-5,8,11,14-16H,1-3,6-7,9H2. The van der Waals surface area contributed by atoms with Crippen molar-refractivity contribution in [3.63, 3.8) is 0 Å². The van der Waals surface area contributed by atoms with Crippen molar-refractivity contribution in [2.45, 2.75) is 37.8 Å². The summed E-state index contributed by atoms with van der Waals surface area (Å²) in [6, 6.07) is 5.77. The van der Waals surface area contributed by atoms with Crippen LogP contribution in [-0.2, 0) is 16.3 Å². The van der Waals surface area contributed by atoms with Gasteiger partial charge in [-0.25, -0.2) is 8.42 Å². The van der Waals surface area contributed by atoms with Gasteiger partial charge < -0.3 is 10.4 Å². The largest absolute Gasteiger partial charge is 0.508 e. The number of aromatic hydroxyl groups is 1. The number of hydrogen-bond acceptors (Lipinski definition) is 4. The van der Waals surface area contributed by atoms with Gasteiger partial charge in [-0.2, -0.15) is 0 Å². The van der Waals surface area contributed by atoms with E-state index in [-0.39, 0.29) is 17.8 Å². The molecule has 1 aliphatic heterocycles. The molecule has 0 spiro atoms. The number of nitrogens with one attached hydrogen (secondary N) is 1. The van der Waals surface area contributed by atoms with Crippen LogP contribution >= 0.6 is 0 Å². The topological polar surface area (TPSA) is 66.4 Å². The second-order valence-electron chi connectivity index (χ2n) is 5.59. The minimum atomic E-state index is -2.86. The van der Waals surface area contributed by atoms with Gasteiger partial charge in [0, 0.05) is 12.1 Å². The zero-order valence-corrected chi connectivity index (χ0v) is 11.6. The fraction of sp³-hybridized carbons (Fsp3) is 0.571. The lowest BCUT2D eigenvalue weighted by Crippen LogP contribution is -2.41. The number of phenolic OH excluding ortho intramolecular Hbond substituents is 1. The molecule has 1 aromatic rings. The quantitative estimate of drug-likeness (QED) is 0.863. The maximum absolute atomic E-state index is 11.7. The highest BCUT2D eigenvalue weighted by Crippen LogP contribution is 2.34. The Balaban J connectivity index is 1.73. The van der Waals surface area contributed by atoms with Gasteiger partial charge in [0.05, 0.1) is 11.5 Å². The van der Waals surface area contributed by atoms with Gasteiger partial charge in [-0.3, -0.25) is 0 Å². The van der Waals surface area contributed by atoms with Crippen LogP contribution in [0.15, 0.2) is 18.2 Å². The van der Waals surface area contributed by atoms with Gasteiger partial charge in [0.25, 0.3) is 0 Å². The molecular formula is C14H19NO3S. The molecule has 0 saturated carbocycles. The van der Waals surface area contributed by atoms with Crippen molar-refractivity contribution in [1.29, 1.82) is 0 Å². The third-order valence-corrected chi connectivity index (χ3v) is 5.93. The van der Waals surface area contributed by atoms with Gasteiger partial charge in [0.1, 0.15) is 5.75 Å². The molecule has 0 amide bonds. The van der Waals surface area contributed by atoms with Crippen LogP contribution in [0.5, 0.6) is 5.75 Å². The fourth-order valence-corrected chi connectivity index (χ4v) is 4.86. The molecule has 3 rings (SSSR count). The third kappa shape index (κ3) is 2.77. The van der Waals surface area contributed by atoms with Crippen LogP contribution in [0.1, 0.15) is 36.4 Å². The van der Waals surface area contributed by atoms with Gasteiger partial charge in [-0.05, 0) is 48.9 Å². The molecule has 2 atom stereocenters. The van der Waals surface area contributed by atoms with E-state index in [1.807, 2.05) is 12.1 Å². The highest BCUT2D eigenvalue weighted by Gasteiger charge is 2.29. The van der Waals surface area contributed by atoms with Crippen LogP contribution in [-0.4, -0.2) is 31.1 Å². The second-order valence-corrected chi connectivity index (χ2v) is 7.82. The van der Waals surface area contributed by atoms with Crippen LogP contribution < -0.4 is 5.32 Å². The van der Waals surface area contributed by atoms with Crippen molar-refractivity contribution < 1.29 is 13.5 Å². The molecule has 1 aromatic carbocycles. The maximum atomic E-state index is 11.7. The summed E-state index contributed by atoms with van der Waals surface area (Å²) in [6.45, 7) is 0. The molecule has 1 aliphatic carbocycles. The van der Waals surface area contributed by atoms with Crippen LogP contribution in [0.4, 0.5) is 0 Å². The Morgan fingerprint density at radius 1 is 1.26 bits per heavy atom. The van der Waals surface area contributed by atoms with Crippen molar-refractivity contribution in [3.8, 4) is 5.75 Å². The third-order valence-electron chi connectivity index (χ3n) is 4.10. The summed E-state index contributed by atoms with van der Waals surface area (Å²) in [5.41, 5.74) is 2.39. The van der Waals surface area contributed by atoms with E-state index >= 15 is 0 Å². The minimum absolute atomic E-state index is 0.0727. The van der Waals surface area contributed by atoms with Crippen molar-refractivity contribution in [3.05, 3.63) is 29.3 Å². The van der Waals surface area contributed by atoms with Gasteiger partial charge in [0.2, 0.25) is 0 Å². The van der Waals surface area contributed by atoms with E-state index in [0.717, 1.165) is 25.7 Å². The van der Waals surface area contributed by atoms with Gasteiger partial charge >= 0.3 is 0 Å². The van der Waals surface area contributed by atoms with Crippen LogP contribution in [0.2, 0.25) is 0 Å². The fourth-order valence-electron chi connectivity index (χ4n) is 3.22. The first-order chi connectivity index (χ1) is 9.03. The maximum Gasteiger partial charge on any atom is 0.151 e. The number of phenols is 1. The molecule has 0 bridgehead atoms. The van der Waals surface area contributed by atoms with E-state index < -0.39 is 9.84 Å². The second kappa shape index (κ2) is 4.80. The highest BCUT2D eigenvalue weighted by molar-refractivity contribution is 7.91. The Kier molecular flexibility index (Phi) is 3.27. The summed E-state index contributed by atoms with van der Waals surface area (Å²) in [5.74, 6) is 0.900. The van der Waals surface area contributed by atoms with Crippen LogP contribution in [0.25, 0.3) is 0 Å². The smallest absolute Gasteiger partial charge is 0.151 e. The lowest BCUT2D eigenvalue weighted by Gasteiger charge is -2.26. The molecule has 1 heterocycles. The van der Waals surface area contributed by atoms with E-state index in [9.17, 15) is 13.5 Å². The summed E-state index contributed by atoms with van der Waals surface area (Å²) in [6.07, 6.45) is 3.62. The Labute approximate surface area is 113 Å².